The number of piperidine rings is 4. The normalized spacial score (nSPS) is 23.5. The Morgan fingerprint density at radius 1 is 0.266 bits per heavy atom. The molecule has 12 heterocycles. The van der Waals surface area contributed by atoms with Crippen molar-refractivity contribution in [3.63, 3.8) is 0 Å². The Morgan fingerprint density at radius 2 is 0.539 bits per heavy atom. The zero-order chi connectivity index (χ0) is 87.7. The first-order valence-electron chi connectivity index (χ1n) is 48.7. The van der Waals surface area contributed by atoms with Crippen LogP contribution in [0.3, 0.4) is 0 Å². The number of fused-ring (bicyclic) bond motifs is 12. The molecule has 12 aliphatic rings. The van der Waals surface area contributed by atoms with E-state index in [0.29, 0.717) is 37.4 Å². The first-order chi connectivity index (χ1) is 62.8. The lowest BCUT2D eigenvalue weighted by atomic mass is 9.81. The van der Waals surface area contributed by atoms with Crippen molar-refractivity contribution < 1.29 is 38.6 Å². The Kier molecular flexibility index (Phi) is 30.8. The summed E-state index contributed by atoms with van der Waals surface area (Å²) in [5.74, 6) is 4.34. The molecule has 0 bridgehead atoms. The number of likely N-dealkylation sites (tertiary alicyclic amines) is 4. The van der Waals surface area contributed by atoms with E-state index in [0.717, 1.165) is 163 Å². The standard InChI is InChI=1S/4C26H33N3O3/c2*30-29(31)21-9-4-8-20(18-21)23-19-28-16-6-11-24(28)22-10-5-12-25(26(22)23)32-17-7-15-27-13-2-1-3-14-27;2*30-29(31)21-8-4-7-20(17-21)25-19-28-15-5-9-26(28)24-18-22(10-11-23(24)25)32-16-6-14-27-12-2-1-3-13-27/h2*4-5,8-10,12,18,23-24H,1-3,6-7,11,13-17,19H2;2*4,7-8,10-11,17-18,25-26H,1-3,5-6,9,12-16,19H2/t23-,24+;23-,24-;25-,26+;25-,26-/m1010/s1. The molecule has 24 nitrogen and oxygen atoms in total. The van der Waals surface area contributed by atoms with E-state index in [2.05, 4.69) is 112 Å². The molecule has 8 aromatic rings. The highest BCUT2D eigenvalue weighted by atomic mass is 16.6. The topological polar surface area (TPSA) is 235 Å². The fourth-order valence-corrected chi connectivity index (χ4v) is 23.3. The van der Waals surface area contributed by atoms with Gasteiger partial charge in [0.05, 0.1) is 46.1 Å². The highest BCUT2D eigenvalue weighted by Gasteiger charge is 2.43. The van der Waals surface area contributed by atoms with Gasteiger partial charge in [0.2, 0.25) is 0 Å². The molecule has 20 rings (SSSR count). The van der Waals surface area contributed by atoms with Gasteiger partial charge in [-0.15, -0.1) is 0 Å². The fourth-order valence-electron chi connectivity index (χ4n) is 23.3. The van der Waals surface area contributed by atoms with Crippen LogP contribution in [-0.4, -0.2) is 216 Å². The van der Waals surface area contributed by atoms with Gasteiger partial charge in [-0.2, -0.15) is 0 Å². The van der Waals surface area contributed by atoms with Gasteiger partial charge >= 0.3 is 0 Å². The summed E-state index contributed by atoms with van der Waals surface area (Å²) < 4.78 is 25.1. The van der Waals surface area contributed by atoms with Crippen LogP contribution in [0.2, 0.25) is 0 Å². The number of nitro groups is 4. The van der Waals surface area contributed by atoms with E-state index < -0.39 is 0 Å². The molecule has 0 aromatic heterocycles. The van der Waals surface area contributed by atoms with Gasteiger partial charge in [-0.1, -0.05) is 111 Å². The van der Waals surface area contributed by atoms with Crippen LogP contribution in [0, 0.1) is 40.5 Å². The first kappa shape index (κ1) is 90.2. The van der Waals surface area contributed by atoms with Gasteiger partial charge < -0.3 is 38.5 Å². The zero-order valence-electron chi connectivity index (χ0n) is 75.0. The second-order valence-corrected chi connectivity index (χ2v) is 37.7. The molecule has 0 unspecified atom stereocenters. The summed E-state index contributed by atoms with van der Waals surface area (Å²) in [6.07, 6.45) is 29.7. The molecular weight excluding hydrogens is 1610 g/mol. The molecule has 8 fully saturated rings. The number of hydrogen-bond acceptors (Lipinski definition) is 20. The van der Waals surface area contributed by atoms with Gasteiger partial charge in [-0.05, 0) is 299 Å². The Labute approximate surface area is 755 Å². The molecule has 24 heteroatoms. The zero-order valence-corrected chi connectivity index (χ0v) is 75.0. The van der Waals surface area contributed by atoms with Crippen LogP contribution in [0.4, 0.5) is 22.7 Å². The minimum Gasteiger partial charge on any atom is -0.494 e. The van der Waals surface area contributed by atoms with Crippen LogP contribution in [-0.2, 0) is 0 Å². The molecule has 0 radical (unpaired) electrons. The van der Waals surface area contributed by atoms with E-state index in [4.69, 9.17) is 18.9 Å². The molecule has 0 aliphatic carbocycles. The van der Waals surface area contributed by atoms with E-state index in [1.54, 1.807) is 48.5 Å². The number of non-ortho nitro benzene ring substituents is 4. The second kappa shape index (κ2) is 43.8. The molecule has 8 atom stereocenters. The average molecular weight is 1740 g/mol. The number of nitrogens with zero attached hydrogens (tertiary/aromatic N) is 12. The maximum Gasteiger partial charge on any atom is 0.269 e. The predicted octanol–water partition coefficient (Wildman–Crippen LogP) is 20.5. The summed E-state index contributed by atoms with van der Waals surface area (Å²) >= 11 is 0. The van der Waals surface area contributed by atoms with Gasteiger partial charge in [0.15, 0.2) is 0 Å². The van der Waals surface area contributed by atoms with Crippen molar-refractivity contribution in [2.45, 2.75) is 202 Å². The largest absolute Gasteiger partial charge is 0.494 e. The minimum atomic E-state index is -0.299. The Balaban J connectivity index is 0.000000120. The number of nitro benzene ring substituents is 4. The molecule has 12 aliphatic heterocycles. The molecule has 8 saturated heterocycles. The first-order valence-corrected chi connectivity index (χ1v) is 48.7. The number of ether oxygens (including phenoxy) is 4. The van der Waals surface area contributed by atoms with Crippen LogP contribution in [0.15, 0.2) is 170 Å². The molecule has 0 spiro atoms. The van der Waals surface area contributed by atoms with Crippen LogP contribution in [0.25, 0.3) is 0 Å². The summed E-state index contributed by atoms with van der Waals surface area (Å²) in [5, 5.41) is 45.4. The molecule has 0 N–H and O–H groups in total. The van der Waals surface area contributed by atoms with E-state index in [-0.39, 0.29) is 66.1 Å². The van der Waals surface area contributed by atoms with Gasteiger partial charge in [-0.25, -0.2) is 0 Å². The van der Waals surface area contributed by atoms with Gasteiger partial charge in [-0.3, -0.25) is 60.1 Å². The van der Waals surface area contributed by atoms with Gasteiger partial charge in [0.25, 0.3) is 22.7 Å². The fraction of sp³-hybridized carbons (Fsp3) is 0.538. The highest BCUT2D eigenvalue weighted by Crippen LogP contribution is 2.52. The molecule has 128 heavy (non-hydrogen) atoms. The second-order valence-electron chi connectivity index (χ2n) is 37.7. The third kappa shape index (κ3) is 22.1. The van der Waals surface area contributed by atoms with Crippen molar-refractivity contribution in [3.05, 3.63) is 277 Å². The number of benzene rings is 8. The summed E-state index contributed by atoms with van der Waals surface area (Å²) in [7, 11) is 0. The Bertz CT molecular complexity index is 4730. The van der Waals surface area contributed by atoms with Crippen molar-refractivity contribution in [2.24, 2.45) is 0 Å². The molecule has 680 valence electrons. The lowest BCUT2D eigenvalue weighted by Crippen LogP contribution is -2.35. The number of rotatable bonds is 28. The van der Waals surface area contributed by atoms with Crippen molar-refractivity contribution in [3.8, 4) is 23.0 Å². The van der Waals surface area contributed by atoms with Crippen molar-refractivity contribution in [1.29, 1.82) is 0 Å². The Hall–Kier alpha value is -9.76. The summed E-state index contributed by atoms with van der Waals surface area (Å²) in [4.78, 5) is 64.6. The molecular formula is C104H132N12O12. The van der Waals surface area contributed by atoms with Crippen LogP contribution < -0.4 is 18.9 Å². The molecule has 0 amide bonds. The number of hydrogen-bond donors (Lipinski definition) is 0. The third-order valence-electron chi connectivity index (χ3n) is 29.6. The monoisotopic (exact) mass is 1740 g/mol. The highest BCUT2D eigenvalue weighted by molar-refractivity contribution is 5.56. The molecule has 8 aromatic carbocycles. The molecule has 0 saturated carbocycles. The summed E-state index contributed by atoms with van der Waals surface area (Å²) in [6.45, 7) is 25.2. The lowest BCUT2D eigenvalue weighted by Gasteiger charge is -2.38. The predicted molar refractivity (Wildman–Crippen MR) is 501 cm³/mol. The third-order valence-corrected chi connectivity index (χ3v) is 29.6. The lowest BCUT2D eigenvalue weighted by molar-refractivity contribution is -0.385. The van der Waals surface area contributed by atoms with Gasteiger partial charge in [0, 0.05) is 160 Å². The van der Waals surface area contributed by atoms with Crippen LogP contribution in [0.5, 0.6) is 23.0 Å². The Morgan fingerprint density at radius 3 is 0.844 bits per heavy atom. The summed E-state index contributed by atoms with van der Waals surface area (Å²) in [5.41, 5.74) is 15.2. The smallest absolute Gasteiger partial charge is 0.269 e. The minimum absolute atomic E-state index is 0.0949. The maximum atomic E-state index is 11.4. The van der Waals surface area contributed by atoms with Crippen molar-refractivity contribution in [2.75, 3.05) is 157 Å². The van der Waals surface area contributed by atoms with Gasteiger partial charge in [0.1, 0.15) is 23.0 Å². The van der Waals surface area contributed by atoms with E-state index in [1.807, 2.05) is 48.5 Å². The van der Waals surface area contributed by atoms with Crippen molar-refractivity contribution in [1.82, 2.24) is 39.2 Å². The van der Waals surface area contributed by atoms with Crippen LogP contribution in [0.1, 0.15) is 269 Å². The van der Waals surface area contributed by atoms with Crippen molar-refractivity contribution >= 4 is 22.7 Å². The van der Waals surface area contributed by atoms with E-state index in [1.165, 1.54) is 225 Å². The van der Waals surface area contributed by atoms with E-state index in [9.17, 15) is 40.5 Å². The summed E-state index contributed by atoms with van der Waals surface area (Å²) in [6, 6.07) is 56.4. The quantitative estimate of drug-likeness (QED) is 0.0252. The van der Waals surface area contributed by atoms with Crippen LogP contribution >= 0.6 is 0 Å². The van der Waals surface area contributed by atoms with E-state index >= 15 is 0 Å². The average Bonchev–Trinajstić information content (AvgIpc) is 1.40. The maximum absolute atomic E-state index is 11.4. The SMILES string of the molecule is O=[N+]([O-])c1cccc([C@@H]2CN3CCC[C@H]3c3cc(OCCCN4CCCCC4)ccc32)c1.O=[N+]([O-])c1cccc([C@@H]2CN3CCC[C@H]3c3cccc(OCCCN4CCCCC4)c32)c1.O=[N+]([O-])c1cccc([C@H]2CN3CCC[C@H]3c3cc(OCCCN4CCCCC4)ccc32)c1.O=[N+]([O-])c1cccc([C@H]2CN3CCC[C@H]3c3cccc(OCCCN4CCCCC4)c32)c1.